The molecule has 3 aromatic rings. The zero-order valence-electron chi connectivity index (χ0n) is 18.0. The van der Waals surface area contributed by atoms with E-state index in [1.807, 2.05) is 54.6 Å². The summed E-state index contributed by atoms with van der Waals surface area (Å²) in [4.78, 5) is 36.5. The summed E-state index contributed by atoms with van der Waals surface area (Å²) in [6.07, 6.45) is 0.677. The second kappa shape index (κ2) is 11.9. The van der Waals surface area contributed by atoms with Crippen molar-refractivity contribution >= 4 is 45.1 Å². The molecule has 3 rings (SSSR count). The number of halogens is 1. The molecule has 0 saturated heterocycles. The number of benzene rings is 3. The highest BCUT2D eigenvalue weighted by Gasteiger charge is 2.15. The van der Waals surface area contributed by atoms with E-state index < -0.39 is 11.9 Å². The molecule has 0 aliphatic heterocycles. The van der Waals surface area contributed by atoms with E-state index in [2.05, 4.69) is 26.6 Å². The maximum Gasteiger partial charge on any atom is 0.340 e. The Hall–Kier alpha value is -3.49. The van der Waals surface area contributed by atoms with Gasteiger partial charge in [0.15, 0.2) is 0 Å². The van der Waals surface area contributed by atoms with Gasteiger partial charge in [-0.3, -0.25) is 9.59 Å². The predicted molar refractivity (Wildman–Crippen MR) is 129 cm³/mol. The van der Waals surface area contributed by atoms with E-state index >= 15 is 0 Å². The quantitative estimate of drug-likeness (QED) is 0.415. The number of hydrogen-bond acceptors (Lipinski definition) is 5. The Morgan fingerprint density at radius 1 is 0.818 bits per heavy atom. The first kappa shape index (κ1) is 24.2. The smallest absolute Gasteiger partial charge is 0.340 e. The van der Waals surface area contributed by atoms with E-state index in [0.717, 1.165) is 11.1 Å². The van der Waals surface area contributed by atoms with Crippen molar-refractivity contribution in [3.63, 3.8) is 0 Å². The molecule has 3 aromatic carbocycles. The van der Waals surface area contributed by atoms with E-state index in [-0.39, 0.29) is 30.4 Å². The van der Waals surface area contributed by atoms with Crippen LogP contribution in [0.2, 0.25) is 0 Å². The molecule has 0 bridgehead atoms. The molecule has 0 unspecified atom stereocenters. The number of para-hydroxylation sites is 1. The molecule has 0 fully saturated rings. The summed E-state index contributed by atoms with van der Waals surface area (Å²) in [6.45, 7) is -0.646. The molecule has 0 aliphatic carbocycles. The molecule has 0 atom stereocenters. The summed E-state index contributed by atoms with van der Waals surface area (Å²) in [5, 5.41) is 5.43. The molecular formula is C25H23BrN2O5. The Kier molecular flexibility index (Phi) is 8.74. The highest BCUT2D eigenvalue weighted by molar-refractivity contribution is 9.10. The van der Waals surface area contributed by atoms with Crippen molar-refractivity contribution in [3.8, 4) is 0 Å². The lowest BCUT2D eigenvalue weighted by Crippen LogP contribution is -2.25. The number of esters is 1. The van der Waals surface area contributed by atoms with Crippen molar-refractivity contribution in [2.75, 3.05) is 31.0 Å². The molecule has 0 spiro atoms. The van der Waals surface area contributed by atoms with Gasteiger partial charge in [0.05, 0.1) is 18.4 Å². The van der Waals surface area contributed by atoms with Crippen LogP contribution in [-0.2, 0) is 25.5 Å². The number of hydrogen-bond donors (Lipinski definition) is 2. The molecule has 0 aromatic heterocycles. The third-order valence-electron chi connectivity index (χ3n) is 4.66. The zero-order valence-corrected chi connectivity index (χ0v) is 19.6. The average molecular weight is 511 g/mol. The first-order chi connectivity index (χ1) is 16.0. The largest absolute Gasteiger partial charge is 0.465 e. The van der Waals surface area contributed by atoms with Crippen molar-refractivity contribution < 1.29 is 23.9 Å². The molecular weight excluding hydrogens is 488 g/mol. The van der Waals surface area contributed by atoms with Crippen molar-refractivity contribution in [3.05, 3.63) is 94.0 Å². The molecule has 33 heavy (non-hydrogen) atoms. The summed E-state index contributed by atoms with van der Waals surface area (Å²) in [7, 11) is 1.26. The summed E-state index contributed by atoms with van der Waals surface area (Å²) in [5.74, 6) is -1.46. The number of anilines is 2. The standard InChI is InChI=1S/C25H23BrN2O5/c1-32-25(31)20-14-19(26)11-12-22(20)28-24(30)16-33-15-23(29)27-21-10-6-5-9-18(21)13-17-7-3-2-4-8-17/h2-12,14H,13,15-16H2,1H3,(H,27,29)(H,28,30). The van der Waals surface area contributed by atoms with E-state index in [0.29, 0.717) is 16.6 Å². The lowest BCUT2D eigenvalue weighted by molar-refractivity contribution is -0.125. The van der Waals surface area contributed by atoms with Crippen molar-refractivity contribution in [1.82, 2.24) is 0 Å². The number of carbonyl (C=O) groups is 3. The average Bonchev–Trinajstić information content (AvgIpc) is 2.81. The normalized spacial score (nSPS) is 10.4. The lowest BCUT2D eigenvalue weighted by Gasteiger charge is -2.12. The predicted octanol–water partition coefficient (Wildman–Crippen LogP) is 4.42. The lowest BCUT2D eigenvalue weighted by atomic mass is 10.0. The van der Waals surface area contributed by atoms with Gasteiger partial charge in [-0.25, -0.2) is 4.79 Å². The number of carbonyl (C=O) groups excluding carboxylic acids is 3. The molecule has 2 amide bonds. The summed E-state index contributed by atoms with van der Waals surface area (Å²) >= 11 is 3.28. The SMILES string of the molecule is COC(=O)c1cc(Br)ccc1NC(=O)COCC(=O)Nc1ccccc1Cc1ccccc1. The topological polar surface area (TPSA) is 93.7 Å². The maximum absolute atomic E-state index is 12.3. The third-order valence-corrected chi connectivity index (χ3v) is 5.15. The molecule has 0 radical (unpaired) electrons. The minimum absolute atomic E-state index is 0.202. The van der Waals surface area contributed by atoms with Crippen LogP contribution >= 0.6 is 15.9 Å². The Morgan fingerprint density at radius 2 is 1.45 bits per heavy atom. The zero-order chi connectivity index (χ0) is 23.6. The van der Waals surface area contributed by atoms with E-state index in [1.165, 1.54) is 7.11 Å². The Bertz CT molecular complexity index is 1130. The molecule has 170 valence electrons. The minimum atomic E-state index is -0.582. The fourth-order valence-corrected chi connectivity index (χ4v) is 3.49. The molecule has 0 saturated carbocycles. The van der Waals surface area contributed by atoms with E-state index in [4.69, 9.17) is 9.47 Å². The van der Waals surface area contributed by atoms with Crippen LogP contribution in [0.4, 0.5) is 11.4 Å². The maximum atomic E-state index is 12.3. The molecule has 0 aliphatic rings. The van der Waals surface area contributed by atoms with E-state index in [1.54, 1.807) is 18.2 Å². The highest BCUT2D eigenvalue weighted by Crippen LogP contribution is 2.22. The Morgan fingerprint density at radius 3 is 2.15 bits per heavy atom. The van der Waals surface area contributed by atoms with Gasteiger partial charge in [-0.15, -0.1) is 0 Å². The number of amides is 2. The number of methoxy groups -OCH3 is 1. The van der Waals surface area contributed by atoms with Gasteiger partial charge in [-0.2, -0.15) is 0 Å². The fourth-order valence-electron chi connectivity index (χ4n) is 3.13. The summed E-state index contributed by atoms with van der Waals surface area (Å²) in [6, 6.07) is 22.3. The van der Waals surface area contributed by atoms with Crippen LogP contribution in [0.5, 0.6) is 0 Å². The Balaban J connectivity index is 1.52. The van der Waals surface area contributed by atoms with Gasteiger partial charge in [-0.1, -0.05) is 64.5 Å². The second-order valence-electron chi connectivity index (χ2n) is 7.09. The first-order valence-electron chi connectivity index (χ1n) is 10.1. The van der Waals surface area contributed by atoms with Crippen LogP contribution in [0.25, 0.3) is 0 Å². The highest BCUT2D eigenvalue weighted by atomic mass is 79.9. The molecule has 8 heteroatoms. The number of ether oxygens (including phenoxy) is 2. The van der Waals surface area contributed by atoms with E-state index in [9.17, 15) is 14.4 Å². The van der Waals surface area contributed by atoms with Gasteiger partial charge in [0.2, 0.25) is 11.8 Å². The van der Waals surface area contributed by atoms with Gasteiger partial charge in [0.25, 0.3) is 0 Å². The van der Waals surface area contributed by atoms with Crippen molar-refractivity contribution in [1.29, 1.82) is 0 Å². The summed E-state index contributed by atoms with van der Waals surface area (Å²) in [5.41, 5.74) is 3.29. The van der Waals surface area contributed by atoms with Gasteiger partial charge in [0, 0.05) is 10.2 Å². The number of rotatable bonds is 9. The first-order valence-corrected chi connectivity index (χ1v) is 10.9. The third kappa shape index (κ3) is 7.27. The second-order valence-corrected chi connectivity index (χ2v) is 8.01. The van der Waals surface area contributed by atoms with Gasteiger partial charge in [-0.05, 0) is 41.8 Å². The van der Waals surface area contributed by atoms with Crippen LogP contribution < -0.4 is 10.6 Å². The van der Waals surface area contributed by atoms with Gasteiger partial charge >= 0.3 is 5.97 Å². The van der Waals surface area contributed by atoms with Crippen LogP contribution in [0.15, 0.2) is 77.3 Å². The van der Waals surface area contributed by atoms with Gasteiger partial charge < -0.3 is 20.1 Å². The number of nitrogens with one attached hydrogen (secondary N) is 2. The van der Waals surface area contributed by atoms with Crippen molar-refractivity contribution in [2.24, 2.45) is 0 Å². The monoisotopic (exact) mass is 510 g/mol. The van der Waals surface area contributed by atoms with Crippen LogP contribution in [-0.4, -0.2) is 38.1 Å². The summed E-state index contributed by atoms with van der Waals surface area (Å²) < 4.78 is 10.7. The molecule has 2 N–H and O–H groups in total. The van der Waals surface area contributed by atoms with Crippen LogP contribution in [0.3, 0.4) is 0 Å². The molecule has 0 heterocycles. The van der Waals surface area contributed by atoms with Crippen molar-refractivity contribution in [2.45, 2.75) is 6.42 Å². The minimum Gasteiger partial charge on any atom is -0.465 e. The Labute approximate surface area is 200 Å². The van der Waals surface area contributed by atoms with Crippen LogP contribution in [0.1, 0.15) is 21.5 Å². The van der Waals surface area contributed by atoms with Crippen LogP contribution in [0, 0.1) is 0 Å². The van der Waals surface area contributed by atoms with Gasteiger partial charge in [0.1, 0.15) is 13.2 Å². The fraction of sp³-hybridized carbons (Fsp3) is 0.160. The molecule has 7 nitrogen and oxygen atoms in total.